The van der Waals surface area contributed by atoms with Crippen LogP contribution in [0.15, 0.2) is 47.1 Å². The number of halogens is 1. The van der Waals surface area contributed by atoms with E-state index in [0.29, 0.717) is 19.8 Å². The molecule has 2 aromatic carbocycles. The number of carbonyl (C=O) groups excluding carboxylic acids is 2. The topological polar surface area (TPSA) is 96.5 Å². The lowest BCUT2D eigenvalue weighted by atomic mass is 9.90. The zero-order chi connectivity index (χ0) is 24.4. The molecule has 2 amide bonds. The number of ether oxygens (including phenoxy) is 2. The first-order chi connectivity index (χ1) is 17.0. The molecule has 0 radical (unpaired) electrons. The molecular formula is C26H29BrN4O4. The molecule has 0 saturated carbocycles. The van der Waals surface area contributed by atoms with E-state index in [4.69, 9.17) is 9.47 Å². The fraction of sp³-hybridized carbons (Fsp3) is 0.423. The SMILES string of the molecule is COC(=O)NC(C(=O)N1CCCC1c1ncc(-c2ccc3cc(Br)ccc3c2)[nH]1)C1CCOCC1. The van der Waals surface area contributed by atoms with Crippen LogP contribution in [-0.2, 0) is 14.3 Å². The first kappa shape index (κ1) is 23.8. The predicted octanol–water partition coefficient (Wildman–Crippen LogP) is 4.81. The number of hydrogen-bond donors (Lipinski definition) is 2. The second-order valence-corrected chi connectivity index (χ2v) is 10.1. The summed E-state index contributed by atoms with van der Waals surface area (Å²) >= 11 is 3.52. The first-order valence-corrected chi connectivity index (χ1v) is 12.8. The maximum atomic E-state index is 13.7. The van der Waals surface area contributed by atoms with Gasteiger partial charge in [-0.3, -0.25) is 4.79 Å². The van der Waals surface area contributed by atoms with Gasteiger partial charge in [0, 0.05) is 29.8 Å². The summed E-state index contributed by atoms with van der Waals surface area (Å²) in [5, 5.41) is 5.10. The van der Waals surface area contributed by atoms with Crippen molar-refractivity contribution in [3.63, 3.8) is 0 Å². The second kappa shape index (κ2) is 10.4. The molecule has 2 saturated heterocycles. The van der Waals surface area contributed by atoms with Crippen molar-refractivity contribution < 1.29 is 19.1 Å². The number of methoxy groups -OCH3 is 1. The second-order valence-electron chi connectivity index (χ2n) is 9.14. The Hall–Kier alpha value is -2.91. The summed E-state index contributed by atoms with van der Waals surface area (Å²) in [6, 6.07) is 11.7. The van der Waals surface area contributed by atoms with E-state index in [0.717, 1.165) is 58.0 Å². The third kappa shape index (κ3) is 5.06. The minimum Gasteiger partial charge on any atom is -0.453 e. The van der Waals surface area contributed by atoms with Crippen molar-refractivity contribution in [3.05, 3.63) is 52.9 Å². The number of fused-ring (bicyclic) bond motifs is 1. The largest absolute Gasteiger partial charge is 0.453 e. The number of imidazole rings is 1. The lowest BCUT2D eigenvalue weighted by Gasteiger charge is -2.34. The van der Waals surface area contributed by atoms with Crippen molar-refractivity contribution in [2.75, 3.05) is 26.9 Å². The van der Waals surface area contributed by atoms with Crippen molar-refractivity contribution in [3.8, 4) is 11.3 Å². The molecule has 2 aliphatic heterocycles. The quantitative estimate of drug-likeness (QED) is 0.484. The van der Waals surface area contributed by atoms with Crippen LogP contribution in [0.3, 0.4) is 0 Å². The Morgan fingerprint density at radius 3 is 2.74 bits per heavy atom. The first-order valence-electron chi connectivity index (χ1n) is 12.0. The molecule has 0 aliphatic carbocycles. The number of rotatable bonds is 5. The number of likely N-dealkylation sites (tertiary alicyclic amines) is 1. The van der Waals surface area contributed by atoms with E-state index < -0.39 is 12.1 Å². The minimum absolute atomic E-state index is 0.0152. The molecular weight excluding hydrogens is 512 g/mol. The van der Waals surface area contributed by atoms with Gasteiger partial charge in [-0.05, 0) is 60.6 Å². The van der Waals surface area contributed by atoms with Crippen molar-refractivity contribution in [1.29, 1.82) is 0 Å². The summed E-state index contributed by atoms with van der Waals surface area (Å²) in [4.78, 5) is 35.7. The highest BCUT2D eigenvalue weighted by atomic mass is 79.9. The van der Waals surface area contributed by atoms with E-state index in [1.54, 1.807) is 0 Å². The maximum Gasteiger partial charge on any atom is 0.407 e. The molecule has 184 valence electrons. The van der Waals surface area contributed by atoms with Gasteiger partial charge in [0.2, 0.25) is 5.91 Å². The highest BCUT2D eigenvalue weighted by Crippen LogP contribution is 2.34. The van der Waals surface area contributed by atoms with Gasteiger partial charge in [-0.15, -0.1) is 0 Å². The standard InChI is InChI=1S/C26H29BrN4O4/c1-34-26(33)30-23(16-8-11-35-12-9-16)25(32)31-10-2-3-22(31)24-28-15-21(29-24)19-5-4-18-14-20(27)7-6-17(18)13-19/h4-7,13-16,22-23H,2-3,8-12H2,1H3,(H,28,29)(H,30,33). The van der Waals surface area contributed by atoms with Crippen LogP contribution < -0.4 is 5.32 Å². The van der Waals surface area contributed by atoms with Gasteiger partial charge in [-0.2, -0.15) is 0 Å². The third-order valence-corrected chi connectivity index (χ3v) is 7.52. The Morgan fingerprint density at radius 1 is 1.17 bits per heavy atom. The predicted molar refractivity (Wildman–Crippen MR) is 136 cm³/mol. The van der Waals surface area contributed by atoms with Gasteiger partial charge >= 0.3 is 6.09 Å². The van der Waals surface area contributed by atoms with E-state index in [9.17, 15) is 9.59 Å². The Labute approximate surface area is 212 Å². The Morgan fingerprint density at radius 2 is 1.94 bits per heavy atom. The molecule has 2 unspecified atom stereocenters. The fourth-order valence-corrected chi connectivity index (χ4v) is 5.53. The number of alkyl carbamates (subject to hydrolysis) is 1. The van der Waals surface area contributed by atoms with E-state index in [-0.39, 0.29) is 17.9 Å². The number of carbonyl (C=O) groups is 2. The van der Waals surface area contributed by atoms with E-state index in [1.165, 1.54) is 7.11 Å². The average Bonchev–Trinajstić information content (AvgIpc) is 3.57. The van der Waals surface area contributed by atoms with Crippen LogP contribution >= 0.6 is 15.9 Å². The Balaban J connectivity index is 1.37. The molecule has 2 N–H and O–H groups in total. The van der Waals surface area contributed by atoms with Gasteiger partial charge < -0.3 is 24.7 Å². The summed E-state index contributed by atoms with van der Waals surface area (Å²) in [6.45, 7) is 1.81. The van der Waals surface area contributed by atoms with E-state index in [2.05, 4.69) is 61.5 Å². The van der Waals surface area contributed by atoms with Gasteiger partial charge in [0.1, 0.15) is 11.9 Å². The summed E-state index contributed by atoms with van der Waals surface area (Å²) in [6.07, 6.45) is 4.40. The molecule has 0 bridgehead atoms. The molecule has 8 nitrogen and oxygen atoms in total. The zero-order valence-electron chi connectivity index (χ0n) is 19.6. The van der Waals surface area contributed by atoms with Crippen molar-refractivity contribution in [2.24, 2.45) is 5.92 Å². The van der Waals surface area contributed by atoms with E-state index in [1.807, 2.05) is 17.2 Å². The molecule has 2 fully saturated rings. The number of hydrogen-bond acceptors (Lipinski definition) is 5. The van der Waals surface area contributed by atoms with Crippen LogP contribution in [0.25, 0.3) is 22.0 Å². The number of amides is 2. The normalized spacial score (nSPS) is 19.6. The monoisotopic (exact) mass is 540 g/mol. The summed E-state index contributed by atoms with van der Waals surface area (Å²) in [5.74, 6) is 0.700. The lowest BCUT2D eigenvalue weighted by molar-refractivity contribution is -0.136. The lowest BCUT2D eigenvalue weighted by Crippen LogP contribution is -2.53. The average molecular weight is 541 g/mol. The van der Waals surface area contributed by atoms with Crippen molar-refractivity contribution >= 4 is 38.7 Å². The van der Waals surface area contributed by atoms with Crippen LogP contribution in [0, 0.1) is 5.92 Å². The minimum atomic E-state index is -0.638. The van der Waals surface area contributed by atoms with Crippen LogP contribution in [0.5, 0.6) is 0 Å². The highest BCUT2D eigenvalue weighted by Gasteiger charge is 2.40. The molecule has 2 atom stereocenters. The van der Waals surface area contributed by atoms with Crippen molar-refractivity contribution in [2.45, 2.75) is 37.8 Å². The zero-order valence-corrected chi connectivity index (χ0v) is 21.2. The smallest absolute Gasteiger partial charge is 0.407 e. The number of nitrogens with zero attached hydrogens (tertiary/aromatic N) is 2. The highest BCUT2D eigenvalue weighted by molar-refractivity contribution is 9.10. The summed E-state index contributed by atoms with van der Waals surface area (Å²) in [5.41, 5.74) is 1.96. The van der Waals surface area contributed by atoms with Crippen LogP contribution in [0.1, 0.15) is 37.5 Å². The van der Waals surface area contributed by atoms with Crippen LogP contribution in [-0.4, -0.2) is 59.8 Å². The fourth-order valence-electron chi connectivity index (χ4n) is 5.15. The number of aromatic amines is 1. The molecule has 9 heteroatoms. The van der Waals surface area contributed by atoms with Crippen molar-refractivity contribution in [1.82, 2.24) is 20.2 Å². The Bertz CT molecular complexity index is 1220. The molecule has 2 aliphatic rings. The molecule has 0 spiro atoms. The maximum absolute atomic E-state index is 13.7. The number of H-pyrrole nitrogens is 1. The summed E-state index contributed by atoms with van der Waals surface area (Å²) in [7, 11) is 1.31. The molecule has 3 heterocycles. The Kier molecular flexibility index (Phi) is 7.06. The summed E-state index contributed by atoms with van der Waals surface area (Å²) < 4.78 is 11.3. The van der Waals surface area contributed by atoms with Gasteiger partial charge in [0.25, 0.3) is 0 Å². The number of nitrogens with one attached hydrogen (secondary N) is 2. The van der Waals surface area contributed by atoms with Crippen LogP contribution in [0.4, 0.5) is 4.79 Å². The van der Waals surface area contributed by atoms with Gasteiger partial charge in [0.05, 0.1) is 25.0 Å². The molecule has 3 aromatic rings. The number of benzene rings is 2. The van der Waals surface area contributed by atoms with E-state index >= 15 is 0 Å². The van der Waals surface area contributed by atoms with Gasteiger partial charge in [-0.1, -0.05) is 34.1 Å². The van der Waals surface area contributed by atoms with Crippen LogP contribution in [0.2, 0.25) is 0 Å². The number of aromatic nitrogens is 2. The molecule has 5 rings (SSSR count). The molecule has 1 aromatic heterocycles. The third-order valence-electron chi connectivity index (χ3n) is 7.02. The van der Waals surface area contributed by atoms with Gasteiger partial charge in [-0.25, -0.2) is 9.78 Å². The molecule has 35 heavy (non-hydrogen) atoms. The van der Waals surface area contributed by atoms with Gasteiger partial charge in [0.15, 0.2) is 0 Å².